The van der Waals surface area contributed by atoms with Gasteiger partial charge in [0.1, 0.15) is 5.75 Å². The molecule has 0 saturated carbocycles. The van der Waals surface area contributed by atoms with Crippen LogP contribution in [0.3, 0.4) is 0 Å². The van der Waals surface area contributed by atoms with Gasteiger partial charge < -0.3 is 10.1 Å². The average Bonchev–Trinajstić information content (AvgIpc) is 2.54. The fourth-order valence-electron chi connectivity index (χ4n) is 2.10. The highest BCUT2D eigenvalue weighted by atomic mass is 16.5. The first-order chi connectivity index (χ1) is 10.6. The summed E-state index contributed by atoms with van der Waals surface area (Å²) >= 11 is 0. The van der Waals surface area contributed by atoms with Crippen LogP contribution in [-0.2, 0) is 0 Å². The normalized spacial score (nSPS) is 12.0. The monoisotopic (exact) mass is 297 g/mol. The van der Waals surface area contributed by atoms with E-state index < -0.39 is 0 Å². The topological polar surface area (TPSA) is 38.3 Å². The van der Waals surface area contributed by atoms with Gasteiger partial charge in [0.05, 0.1) is 12.6 Å². The zero-order valence-corrected chi connectivity index (χ0v) is 13.4. The molecule has 22 heavy (non-hydrogen) atoms. The van der Waals surface area contributed by atoms with Crippen molar-refractivity contribution in [1.82, 2.24) is 5.32 Å². The summed E-state index contributed by atoms with van der Waals surface area (Å²) in [4.78, 5) is 12.4. The van der Waals surface area contributed by atoms with Crippen LogP contribution in [0.2, 0.25) is 0 Å². The third kappa shape index (κ3) is 4.62. The van der Waals surface area contributed by atoms with Gasteiger partial charge in [-0.2, -0.15) is 0 Å². The Kier molecular flexibility index (Phi) is 5.59. The van der Waals surface area contributed by atoms with Gasteiger partial charge in [-0.15, -0.1) is 0 Å². The molecule has 0 heterocycles. The number of carbonyl (C=O) groups excluding carboxylic acids is 1. The first-order valence-corrected chi connectivity index (χ1v) is 7.65. The number of amides is 1. The second kappa shape index (κ2) is 7.64. The number of rotatable bonds is 6. The van der Waals surface area contributed by atoms with Crippen molar-refractivity contribution in [2.75, 3.05) is 6.61 Å². The number of nitrogens with one attached hydrogen (secondary N) is 1. The highest BCUT2D eigenvalue weighted by Gasteiger charge is 2.12. The quantitative estimate of drug-likeness (QED) is 0.867. The van der Waals surface area contributed by atoms with E-state index in [1.54, 1.807) is 12.1 Å². The lowest BCUT2D eigenvalue weighted by atomic mass is 10.1. The van der Waals surface area contributed by atoms with Crippen LogP contribution in [0.15, 0.2) is 54.6 Å². The number of benzene rings is 2. The van der Waals surface area contributed by atoms with Gasteiger partial charge in [0.25, 0.3) is 5.91 Å². The van der Waals surface area contributed by atoms with Crippen molar-refractivity contribution in [3.8, 4) is 5.75 Å². The van der Waals surface area contributed by atoms with Gasteiger partial charge in [0, 0.05) is 5.56 Å². The molecular weight excluding hydrogens is 274 g/mol. The Hall–Kier alpha value is -2.29. The maximum atomic E-state index is 12.4. The number of hydrogen-bond acceptors (Lipinski definition) is 2. The SMILES string of the molecule is CC(C)COc1cccc(C(=O)N[C@@H](C)c2ccccc2)c1. The molecule has 0 unspecified atom stereocenters. The Morgan fingerprint density at radius 1 is 1.05 bits per heavy atom. The lowest BCUT2D eigenvalue weighted by molar-refractivity contribution is 0.0939. The Balaban J connectivity index is 2.02. The molecule has 0 aliphatic carbocycles. The molecule has 3 nitrogen and oxygen atoms in total. The van der Waals surface area contributed by atoms with Crippen molar-refractivity contribution in [3.63, 3.8) is 0 Å². The van der Waals surface area contributed by atoms with Crippen molar-refractivity contribution in [3.05, 3.63) is 65.7 Å². The van der Waals surface area contributed by atoms with Gasteiger partial charge in [0.15, 0.2) is 0 Å². The number of carbonyl (C=O) groups is 1. The summed E-state index contributed by atoms with van der Waals surface area (Å²) in [6, 6.07) is 17.2. The lowest BCUT2D eigenvalue weighted by Gasteiger charge is -2.15. The van der Waals surface area contributed by atoms with Crippen molar-refractivity contribution >= 4 is 5.91 Å². The summed E-state index contributed by atoms with van der Waals surface area (Å²) in [6.07, 6.45) is 0. The van der Waals surface area contributed by atoms with Crippen LogP contribution in [0.4, 0.5) is 0 Å². The van der Waals surface area contributed by atoms with Gasteiger partial charge in [0.2, 0.25) is 0 Å². The second-order valence-corrected chi connectivity index (χ2v) is 5.84. The van der Waals surface area contributed by atoms with Gasteiger partial charge in [-0.3, -0.25) is 4.79 Å². The first kappa shape index (κ1) is 16.1. The van der Waals surface area contributed by atoms with E-state index in [1.807, 2.05) is 49.4 Å². The van der Waals surface area contributed by atoms with Crippen LogP contribution in [-0.4, -0.2) is 12.5 Å². The maximum absolute atomic E-state index is 12.4. The van der Waals surface area contributed by atoms with Crippen molar-refractivity contribution in [1.29, 1.82) is 0 Å². The third-order valence-corrected chi connectivity index (χ3v) is 3.33. The summed E-state index contributed by atoms with van der Waals surface area (Å²) < 4.78 is 5.67. The van der Waals surface area contributed by atoms with Gasteiger partial charge in [-0.1, -0.05) is 50.2 Å². The van der Waals surface area contributed by atoms with E-state index in [1.165, 1.54) is 0 Å². The molecule has 116 valence electrons. The molecule has 0 fully saturated rings. The molecule has 0 saturated heterocycles. The summed E-state index contributed by atoms with van der Waals surface area (Å²) in [5.41, 5.74) is 1.70. The summed E-state index contributed by atoms with van der Waals surface area (Å²) in [5.74, 6) is 1.09. The van der Waals surface area contributed by atoms with Crippen LogP contribution in [0.25, 0.3) is 0 Å². The van der Waals surface area contributed by atoms with E-state index in [0.717, 1.165) is 11.3 Å². The molecule has 0 radical (unpaired) electrons. The van der Waals surface area contributed by atoms with E-state index in [2.05, 4.69) is 19.2 Å². The fourth-order valence-corrected chi connectivity index (χ4v) is 2.10. The molecule has 2 rings (SSSR count). The predicted octanol–water partition coefficient (Wildman–Crippen LogP) is 4.21. The van der Waals surface area contributed by atoms with Gasteiger partial charge in [-0.25, -0.2) is 0 Å². The maximum Gasteiger partial charge on any atom is 0.251 e. The zero-order chi connectivity index (χ0) is 15.9. The summed E-state index contributed by atoms with van der Waals surface area (Å²) in [5, 5.41) is 3.01. The average molecular weight is 297 g/mol. The Labute approximate surface area is 132 Å². The first-order valence-electron chi connectivity index (χ1n) is 7.65. The molecule has 0 aliphatic heterocycles. The lowest BCUT2D eigenvalue weighted by Crippen LogP contribution is -2.26. The molecule has 0 spiro atoms. The van der Waals surface area contributed by atoms with Crippen LogP contribution < -0.4 is 10.1 Å². The Morgan fingerprint density at radius 2 is 1.77 bits per heavy atom. The fraction of sp³-hybridized carbons (Fsp3) is 0.316. The van der Waals surface area contributed by atoms with Gasteiger partial charge in [-0.05, 0) is 36.6 Å². The van der Waals surface area contributed by atoms with Crippen molar-refractivity contribution in [2.45, 2.75) is 26.8 Å². The van der Waals surface area contributed by atoms with E-state index >= 15 is 0 Å². The number of hydrogen-bond donors (Lipinski definition) is 1. The molecule has 1 atom stereocenters. The summed E-state index contributed by atoms with van der Waals surface area (Å²) in [7, 11) is 0. The van der Waals surface area contributed by atoms with Crippen molar-refractivity contribution < 1.29 is 9.53 Å². The highest BCUT2D eigenvalue weighted by molar-refractivity contribution is 5.94. The molecule has 2 aromatic rings. The second-order valence-electron chi connectivity index (χ2n) is 5.84. The largest absolute Gasteiger partial charge is 0.493 e. The Morgan fingerprint density at radius 3 is 2.45 bits per heavy atom. The van der Waals surface area contributed by atoms with Gasteiger partial charge >= 0.3 is 0 Å². The highest BCUT2D eigenvalue weighted by Crippen LogP contribution is 2.16. The van der Waals surface area contributed by atoms with Crippen molar-refractivity contribution in [2.24, 2.45) is 5.92 Å². The molecule has 1 N–H and O–H groups in total. The molecule has 1 amide bonds. The molecule has 0 bridgehead atoms. The standard InChI is InChI=1S/C19H23NO2/c1-14(2)13-22-18-11-7-10-17(12-18)19(21)20-15(3)16-8-5-4-6-9-16/h4-12,14-15H,13H2,1-3H3,(H,20,21)/t15-/m0/s1. The minimum absolute atomic E-state index is 0.0334. The van der Waals surface area contributed by atoms with Crippen LogP contribution in [0.1, 0.15) is 42.7 Å². The van der Waals surface area contributed by atoms with Crippen LogP contribution >= 0.6 is 0 Å². The summed E-state index contributed by atoms with van der Waals surface area (Å²) in [6.45, 7) is 6.81. The van der Waals surface area contributed by atoms with Crippen LogP contribution in [0.5, 0.6) is 5.75 Å². The minimum atomic E-state index is -0.0913. The van der Waals surface area contributed by atoms with Crippen LogP contribution in [0, 0.1) is 5.92 Å². The molecule has 3 heteroatoms. The smallest absolute Gasteiger partial charge is 0.251 e. The number of ether oxygens (including phenoxy) is 1. The third-order valence-electron chi connectivity index (χ3n) is 3.33. The molecular formula is C19H23NO2. The van der Waals surface area contributed by atoms with E-state index in [0.29, 0.717) is 18.1 Å². The van der Waals surface area contributed by atoms with E-state index in [9.17, 15) is 4.79 Å². The van der Waals surface area contributed by atoms with E-state index in [-0.39, 0.29) is 11.9 Å². The molecule has 0 aliphatic rings. The van der Waals surface area contributed by atoms with E-state index in [4.69, 9.17) is 4.74 Å². The molecule has 0 aromatic heterocycles. The Bertz CT molecular complexity index is 608. The zero-order valence-electron chi connectivity index (χ0n) is 13.4. The predicted molar refractivity (Wildman–Crippen MR) is 89.1 cm³/mol. The molecule has 2 aromatic carbocycles. The minimum Gasteiger partial charge on any atom is -0.493 e.